The maximum absolute atomic E-state index is 14.9. The average molecular weight is 538 g/mol. The number of benzene rings is 4. The van der Waals surface area contributed by atoms with Gasteiger partial charge in [-0.15, -0.1) is 0 Å². The molecule has 0 fully saturated rings. The summed E-state index contributed by atoms with van der Waals surface area (Å²) in [6, 6.07) is 11.4. The van der Waals surface area contributed by atoms with E-state index in [2.05, 4.69) is 5.32 Å². The van der Waals surface area contributed by atoms with E-state index in [1.165, 1.54) is 12.1 Å². The van der Waals surface area contributed by atoms with Crippen LogP contribution in [-0.2, 0) is 12.8 Å². The fraction of sp³-hybridized carbons (Fsp3) is 0.0769. The Morgan fingerprint density at radius 2 is 0.974 bits per heavy atom. The molecular formula is C26H18F8N4. The molecule has 0 aliphatic heterocycles. The fourth-order valence-electron chi connectivity index (χ4n) is 3.93. The molecule has 4 nitrogen and oxygen atoms in total. The number of nitrogens with two attached hydrogens (primary N) is 3. The van der Waals surface area contributed by atoms with E-state index in [0.717, 1.165) is 5.56 Å². The predicted octanol–water partition coefficient (Wildman–Crippen LogP) is 6.74. The van der Waals surface area contributed by atoms with Crippen molar-refractivity contribution in [3.63, 3.8) is 0 Å². The minimum absolute atomic E-state index is 0.00883. The number of nitrogen functional groups attached to an aromatic ring is 3. The monoisotopic (exact) mass is 538 g/mol. The summed E-state index contributed by atoms with van der Waals surface area (Å²) < 4.78 is 116. The summed E-state index contributed by atoms with van der Waals surface area (Å²) in [6.45, 7) is 0. The molecule has 0 aliphatic rings. The molecule has 0 unspecified atom stereocenters. The standard InChI is InChI=1S/C26H18F8N4/c27-16-14(17(28)21(32)25(37)20(16)31)15-18(29)22(33)26(23(34)19(15)30)38-13-7-3-5-11(24(13)36)9-8-10-4-1-2-6-12(10)35/h1-7,38H,8-9,35-37H2. The number of para-hydroxylation sites is 2. The largest absolute Gasteiger partial charge is 0.399 e. The Kier molecular flexibility index (Phi) is 7.07. The smallest absolute Gasteiger partial charge is 0.186 e. The van der Waals surface area contributed by atoms with E-state index in [4.69, 9.17) is 17.2 Å². The molecule has 0 aromatic heterocycles. The zero-order valence-electron chi connectivity index (χ0n) is 19.2. The summed E-state index contributed by atoms with van der Waals surface area (Å²) in [5, 5.41) is 2.14. The van der Waals surface area contributed by atoms with Gasteiger partial charge in [0.2, 0.25) is 0 Å². The Balaban J connectivity index is 1.75. The summed E-state index contributed by atoms with van der Waals surface area (Å²) in [5.41, 5.74) is 11.6. The third kappa shape index (κ3) is 4.42. The average Bonchev–Trinajstić information content (AvgIpc) is 2.90. The number of anilines is 5. The van der Waals surface area contributed by atoms with Gasteiger partial charge in [0.1, 0.15) is 11.4 Å². The molecule has 38 heavy (non-hydrogen) atoms. The van der Waals surface area contributed by atoms with E-state index in [-0.39, 0.29) is 11.4 Å². The third-order valence-corrected chi connectivity index (χ3v) is 5.99. The van der Waals surface area contributed by atoms with Crippen LogP contribution in [0.2, 0.25) is 0 Å². The number of hydrogen-bond donors (Lipinski definition) is 4. The van der Waals surface area contributed by atoms with Gasteiger partial charge >= 0.3 is 0 Å². The van der Waals surface area contributed by atoms with Gasteiger partial charge in [-0.3, -0.25) is 0 Å². The summed E-state index contributed by atoms with van der Waals surface area (Å²) in [7, 11) is 0. The van der Waals surface area contributed by atoms with Crippen LogP contribution in [0.1, 0.15) is 11.1 Å². The van der Waals surface area contributed by atoms with Crippen LogP contribution in [0, 0.1) is 46.5 Å². The van der Waals surface area contributed by atoms with E-state index in [1.54, 1.807) is 30.3 Å². The lowest BCUT2D eigenvalue weighted by Gasteiger charge is -2.17. The van der Waals surface area contributed by atoms with Gasteiger partial charge in [0.05, 0.1) is 22.5 Å². The molecule has 4 aromatic rings. The van der Waals surface area contributed by atoms with Gasteiger partial charge in [-0.25, -0.2) is 35.1 Å². The lowest BCUT2D eigenvalue weighted by atomic mass is 9.99. The van der Waals surface area contributed by atoms with Crippen molar-refractivity contribution in [2.24, 2.45) is 0 Å². The highest BCUT2D eigenvalue weighted by Gasteiger charge is 2.33. The Morgan fingerprint density at radius 1 is 0.500 bits per heavy atom. The Morgan fingerprint density at radius 3 is 1.53 bits per heavy atom. The highest BCUT2D eigenvalue weighted by molar-refractivity contribution is 5.78. The fourth-order valence-corrected chi connectivity index (χ4v) is 3.93. The molecule has 198 valence electrons. The molecule has 0 spiro atoms. The molecular weight excluding hydrogens is 520 g/mol. The molecule has 0 saturated heterocycles. The number of aryl methyl sites for hydroxylation is 2. The highest BCUT2D eigenvalue weighted by Crippen LogP contribution is 2.41. The van der Waals surface area contributed by atoms with Crippen LogP contribution >= 0.6 is 0 Å². The first-order valence-corrected chi connectivity index (χ1v) is 10.9. The summed E-state index contributed by atoms with van der Waals surface area (Å²) >= 11 is 0. The molecule has 4 aromatic carbocycles. The molecule has 0 heterocycles. The van der Waals surface area contributed by atoms with Crippen LogP contribution in [0.3, 0.4) is 0 Å². The number of rotatable bonds is 6. The van der Waals surface area contributed by atoms with E-state index >= 15 is 0 Å². The predicted molar refractivity (Wildman–Crippen MR) is 128 cm³/mol. The molecule has 0 saturated carbocycles. The Bertz CT molecular complexity index is 1510. The quantitative estimate of drug-likeness (QED) is 0.124. The van der Waals surface area contributed by atoms with E-state index in [1.807, 2.05) is 0 Å². The first-order chi connectivity index (χ1) is 18.0. The van der Waals surface area contributed by atoms with Crippen LogP contribution in [0.5, 0.6) is 0 Å². The van der Waals surface area contributed by atoms with E-state index < -0.39 is 69.0 Å². The lowest BCUT2D eigenvalue weighted by molar-refractivity contribution is 0.447. The second kappa shape index (κ2) is 10.1. The molecule has 7 N–H and O–H groups in total. The van der Waals surface area contributed by atoms with Crippen LogP contribution < -0.4 is 22.5 Å². The second-order valence-corrected chi connectivity index (χ2v) is 8.25. The van der Waals surface area contributed by atoms with Crippen molar-refractivity contribution in [3.05, 3.63) is 100 Å². The van der Waals surface area contributed by atoms with Crippen molar-refractivity contribution in [1.29, 1.82) is 0 Å². The van der Waals surface area contributed by atoms with Crippen LogP contribution in [0.4, 0.5) is 63.6 Å². The van der Waals surface area contributed by atoms with Gasteiger partial charge < -0.3 is 22.5 Å². The summed E-state index contributed by atoms with van der Waals surface area (Å²) in [4.78, 5) is 0. The SMILES string of the molecule is Nc1ccccc1CCc1cccc(Nc2c(F)c(F)c(-c3c(F)c(F)c(N)c(F)c3F)c(F)c2F)c1N. The van der Waals surface area contributed by atoms with Crippen molar-refractivity contribution >= 4 is 28.4 Å². The van der Waals surface area contributed by atoms with Gasteiger partial charge in [0.25, 0.3) is 0 Å². The molecule has 0 atom stereocenters. The van der Waals surface area contributed by atoms with Crippen molar-refractivity contribution in [2.45, 2.75) is 12.8 Å². The molecule has 0 bridgehead atoms. The minimum Gasteiger partial charge on any atom is -0.399 e. The Hall–Kier alpha value is -4.48. The second-order valence-electron chi connectivity index (χ2n) is 8.25. The molecule has 4 rings (SSSR count). The van der Waals surface area contributed by atoms with E-state index in [9.17, 15) is 35.1 Å². The topological polar surface area (TPSA) is 90.1 Å². The molecule has 12 heteroatoms. The maximum atomic E-state index is 14.9. The minimum atomic E-state index is -2.34. The maximum Gasteiger partial charge on any atom is 0.186 e. The van der Waals surface area contributed by atoms with Crippen LogP contribution in [-0.4, -0.2) is 0 Å². The van der Waals surface area contributed by atoms with Crippen LogP contribution in [0.15, 0.2) is 42.5 Å². The molecule has 0 radical (unpaired) electrons. The van der Waals surface area contributed by atoms with Crippen molar-refractivity contribution in [3.8, 4) is 11.1 Å². The zero-order valence-corrected chi connectivity index (χ0v) is 19.2. The normalized spacial score (nSPS) is 11.2. The summed E-state index contributed by atoms with van der Waals surface area (Å²) in [5.74, 6) is -18.0. The van der Waals surface area contributed by atoms with Gasteiger partial charge in [-0.1, -0.05) is 30.3 Å². The summed E-state index contributed by atoms with van der Waals surface area (Å²) in [6.07, 6.45) is 0.794. The first-order valence-electron chi connectivity index (χ1n) is 10.9. The lowest BCUT2D eigenvalue weighted by Crippen LogP contribution is -2.11. The Labute approximate surface area is 210 Å². The van der Waals surface area contributed by atoms with Gasteiger partial charge in [-0.2, -0.15) is 0 Å². The third-order valence-electron chi connectivity index (χ3n) is 5.99. The van der Waals surface area contributed by atoms with Crippen molar-refractivity contribution in [2.75, 3.05) is 22.5 Å². The molecule has 0 aliphatic carbocycles. The van der Waals surface area contributed by atoms with Gasteiger partial charge in [0.15, 0.2) is 46.5 Å². The molecule has 0 amide bonds. The number of halogens is 8. The van der Waals surface area contributed by atoms with E-state index in [0.29, 0.717) is 24.1 Å². The number of nitrogens with one attached hydrogen (secondary N) is 1. The van der Waals surface area contributed by atoms with Crippen LogP contribution in [0.25, 0.3) is 11.1 Å². The highest BCUT2D eigenvalue weighted by atomic mass is 19.2. The van der Waals surface area contributed by atoms with Crippen molar-refractivity contribution in [1.82, 2.24) is 0 Å². The van der Waals surface area contributed by atoms with Gasteiger partial charge in [-0.05, 0) is 36.1 Å². The van der Waals surface area contributed by atoms with Gasteiger partial charge in [0, 0.05) is 5.69 Å². The number of hydrogen-bond acceptors (Lipinski definition) is 4. The first kappa shape index (κ1) is 26.6. The zero-order chi connectivity index (χ0) is 27.9. The van der Waals surface area contributed by atoms with Crippen molar-refractivity contribution < 1.29 is 35.1 Å².